The molecule has 0 fully saturated rings. The van der Waals surface area contributed by atoms with Gasteiger partial charge in [0.25, 0.3) is 10.0 Å². The van der Waals surface area contributed by atoms with Gasteiger partial charge >= 0.3 is 0 Å². The lowest BCUT2D eigenvalue weighted by atomic mass is 10.3. The smallest absolute Gasteiger partial charge is 0.271 e. The molecule has 0 aliphatic heterocycles. The second-order valence-corrected chi connectivity index (χ2v) is 7.85. The van der Waals surface area contributed by atoms with Gasteiger partial charge in [-0.05, 0) is 52.9 Å². The second-order valence-electron chi connectivity index (χ2n) is 3.61. The summed E-state index contributed by atoms with van der Waals surface area (Å²) in [6.07, 6.45) is 0. The highest BCUT2D eigenvalue weighted by Gasteiger charge is 2.18. The molecule has 102 valence electrons. The number of hydrogen-bond donors (Lipinski definition) is 2. The number of halogens is 2. The molecule has 0 atom stereocenters. The Balaban J connectivity index is 2.30. The summed E-state index contributed by atoms with van der Waals surface area (Å²) in [6.45, 7) is -0.200. The molecule has 4 nitrogen and oxygen atoms in total. The fourth-order valence-electron chi connectivity index (χ4n) is 1.35. The van der Waals surface area contributed by atoms with E-state index >= 15 is 0 Å². The number of sulfonamides is 1. The van der Waals surface area contributed by atoms with Gasteiger partial charge in [-0.15, -0.1) is 11.3 Å². The zero-order valence-corrected chi connectivity index (χ0v) is 13.2. The normalized spacial score (nSPS) is 11.5. The fraction of sp³-hybridized carbons (Fsp3) is 0.0909. The van der Waals surface area contributed by atoms with Crippen molar-refractivity contribution in [2.75, 3.05) is 4.72 Å². The lowest BCUT2D eigenvalue weighted by Crippen LogP contribution is -2.12. The zero-order chi connectivity index (χ0) is 14.0. The van der Waals surface area contributed by atoms with Crippen LogP contribution in [0.3, 0.4) is 0 Å². The molecule has 1 aromatic heterocycles. The molecule has 0 amide bonds. The first-order valence-corrected chi connectivity index (χ1v) is 8.47. The van der Waals surface area contributed by atoms with Gasteiger partial charge in [0.1, 0.15) is 10.0 Å². The summed E-state index contributed by atoms with van der Waals surface area (Å²) in [6, 6.07) is 6.78. The molecular formula is C11H9FINO3S2. The van der Waals surface area contributed by atoms with Gasteiger partial charge in [-0.3, -0.25) is 4.72 Å². The maximum atomic E-state index is 12.9. The molecule has 0 saturated carbocycles. The van der Waals surface area contributed by atoms with Gasteiger partial charge in [0.2, 0.25) is 0 Å². The van der Waals surface area contributed by atoms with Crippen molar-refractivity contribution in [2.45, 2.75) is 10.8 Å². The molecule has 0 bridgehead atoms. The van der Waals surface area contributed by atoms with Crippen molar-refractivity contribution in [1.82, 2.24) is 0 Å². The summed E-state index contributed by atoms with van der Waals surface area (Å²) in [5.41, 5.74) is 0.320. The van der Waals surface area contributed by atoms with Crippen LogP contribution in [0.2, 0.25) is 0 Å². The van der Waals surface area contributed by atoms with Crippen LogP contribution < -0.4 is 4.72 Å². The van der Waals surface area contributed by atoms with Crippen molar-refractivity contribution >= 4 is 49.6 Å². The fourth-order valence-corrected chi connectivity index (χ4v) is 4.45. The third-order valence-electron chi connectivity index (χ3n) is 2.23. The van der Waals surface area contributed by atoms with Crippen molar-refractivity contribution < 1.29 is 17.9 Å². The van der Waals surface area contributed by atoms with Gasteiger partial charge in [0.15, 0.2) is 0 Å². The number of hydrogen-bond acceptors (Lipinski definition) is 4. The molecule has 1 aromatic carbocycles. The summed E-state index contributed by atoms with van der Waals surface area (Å²) < 4.78 is 40.1. The summed E-state index contributed by atoms with van der Waals surface area (Å²) in [4.78, 5) is 0.564. The van der Waals surface area contributed by atoms with Crippen molar-refractivity contribution in [3.8, 4) is 0 Å². The number of benzene rings is 1. The molecule has 0 unspecified atom stereocenters. The Morgan fingerprint density at radius 1 is 1.32 bits per heavy atom. The number of anilines is 1. The molecular weight excluding hydrogens is 404 g/mol. The number of aliphatic hydroxyl groups excluding tert-OH is 1. The third-order valence-corrected chi connectivity index (χ3v) is 6.05. The second kappa shape index (κ2) is 5.73. The first-order chi connectivity index (χ1) is 8.92. The van der Waals surface area contributed by atoms with E-state index in [0.29, 0.717) is 14.1 Å². The molecule has 8 heteroatoms. The van der Waals surface area contributed by atoms with Crippen molar-refractivity contribution in [3.63, 3.8) is 0 Å². The van der Waals surface area contributed by atoms with Crippen molar-refractivity contribution in [1.29, 1.82) is 0 Å². The topological polar surface area (TPSA) is 66.4 Å². The predicted octanol–water partition coefficient (Wildman–Crippen LogP) is 2.78. The van der Waals surface area contributed by atoms with Crippen LogP contribution in [0.5, 0.6) is 0 Å². The molecule has 19 heavy (non-hydrogen) atoms. The third kappa shape index (κ3) is 3.44. The molecule has 2 aromatic rings. The molecule has 0 radical (unpaired) electrons. The van der Waals surface area contributed by atoms with Crippen molar-refractivity contribution in [2.24, 2.45) is 0 Å². The van der Waals surface area contributed by atoms with Crippen LogP contribution in [0.15, 0.2) is 34.5 Å². The van der Waals surface area contributed by atoms with E-state index in [2.05, 4.69) is 4.72 Å². The van der Waals surface area contributed by atoms with Crippen LogP contribution in [0, 0.1) is 9.39 Å². The minimum atomic E-state index is -3.71. The standard InChI is InChI=1S/C11H9FINO3S2/c12-7-1-3-10(9(13)5-7)14-19(16,17)11-4-2-8(6-15)18-11/h1-5,14-15H,6H2. The molecule has 0 spiro atoms. The molecule has 0 aliphatic rings. The maximum Gasteiger partial charge on any atom is 0.271 e. The van der Waals surface area contributed by atoms with E-state index < -0.39 is 15.8 Å². The Morgan fingerprint density at radius 2 is 2.05 bits per heavy atom. The van der Waals surface area contributed by atoms with E-state index in [1.807, 2.05) is 22.6 Å². The molecule has 1 heterocycles. The molecule has 0 aliphatic carbocycles. The molecule has 0 saturated heterocycles. The average Bonchev–Trinajstić information content (AvgIpc) is 2.82. The van der Waals surface area contributed by atoms with Gasteiger partial charge in [0.05, 0.1) is 12.3 Å². The summed E-state index contributed by atoms with van der Waals surface area (Å²) in [5, 5.41) is 8.93. The lowest BCUT2D eigenvalue weighted by molar-refractivity contribution is 0.285. The largest absolute Gasteiger partial charge is 0.391 e. The monoisotopic (exact) mass is 413 g/mol. The Bertz CT molecular complexity index is 700. The minimum Gasteiger partial charge on any atom is -0.391 e. The average molecular weight is 413 g/mol. The zero-order valence-electron chi connectivity index (χ0n) is 9.43. The first kappa shape index (κ1) is 14.7. The van der Waals surface area contributed by atoms with Crippen molar-refractivity contribution in [3.05, 3.63) is 44.6 Å². The van der Waals surface area contributed by atoms with Gasteiger partial charge in [0, 0.05) is 8.45 Å². The van der Waals surface area contributed by atoms with Crippen LogP contribution >= 0.6 is 33.9 Å². The Morgan fingerprint density at radius 3 is 2.63 bits per heavy atom. The van der Waals surface area contributed by atoms with E-state index in [9.17, 15) is 12.8 Å². The summed E-state index contributed by atoms with van der Waals surface area (Å²) in [7, 11) is -3.71. The van der Waals surface area contributed by atoms with Crippen LogP contribution in [0.1, 0.15) is 4.88 Å². The van der Waals surface area contributed by atoms with Gasteiger partial charge in [-0.2, -0.15) is 0 Å². The lowest BCUT2D eigenvalue weighted by Gasteiger charge is -2.08. The summed E-state index contributed by atoms with van der Waals surface area (Å²) in [5.74, 6) is -0.425. The highest BCUT2D eigenvalue weighted by atomic mass is 127. The minimum absolute atomic E-state index is 0.108. The molecule has 2 rings (SSSR count). The number of aliphatic hydroxyl groups is 1. The number of rotatable bonds is 4. The quantitative estimate of drug-likeness (QED) is 0.758. The highest BCUT2D eigenvalue weighted by molar-refractivity contribution is 14.1. The highest BCUT2D eigenvalue weighted by Crippen LogP contribution is 2.26. The van der Waals surface area contributed by atoms with E-state index in [4.69, 9.17) is 5.11 Å². The Labute approximate surface area is 127 Å². The van der Waals surface area contributed by atoms with Crippen LogP contribution in [-0.2, 0) is 16.6 Å². The Kier molecular flexibility index (Phi) is 4.43. The van der Waals surface area contributed by atoms with Gasteiger partial charge < -0.3 is 5.11 Å². The van der Waals surface area contributed by atoms with E-state index in [1.165, 1.54) is 24.3 Å². The predicted molar refractivity (Wildman–Crippen MR) is 80.2 cm³/mol. The maximum absolute atomic E-state index is 12.9. The van der Waals surface area contributed by atoms with Crippen LogP contribution in [-0.4, -0.2) is 13.5 Å². The summed E-state index contributed by atoms with van der Waals surface area (Å²) >= 11 is 2.85. The van der Waals surface area contributed by atoms with E-state index in [0.717, 1.165) is 11.3 Å². The number of thiophene rings is 1. The van der Waals surface area contributed by atoms with Gasteiger partial charge in [-0.1, -0.05) is 0 Å². The van der Waals surface area contributed by atoms with E-state index in [1.54, 1.807) is 6.07 Å². The Hall–Kier alpha value is -0.710. The van der Waals surface area contributed by atoms with E-state index in [-0.39, 0.29) is 10.8 Å². The van der Waals surface area contributed by atoms with Gasteiger partial charge in [-0.25, -0.2) is 12.8 Å². The SMILES string of the molecule is O=S(=O)(Nc1ccc(F)cc1I)c1ccc(CO)s1. The number of nitrogens with one attached hydrogen (secondary N) is 1. The van der Waals surface area contributed by atoms with Crippen LogP contribution in [0.4, 0.5) is 10.1 Å². The first-order valence-electron chi connectivity index (χ1n) is 5.10. The van der Waals surface area contributed by atoms with Crippen LogP contribution in [0.25, 0.3) is 0 Å². The molecule has 2 N–H and O–H groups in total.